The van der Waals surface area contributed by atoms with E-state index in [-0.39, 0.29) is 6.61 Å². The number of methoxy groups -OCH3 is 1. The number of hydrogen-bond donors (Lipinski definition) is 3. The quantitative estimate of drug-likeness (QED) is 0.719. The molecule has 2 aliphatic rings. The Labute approximate surface area is 122 Å². The SMILES string of the molecule is COC1c2cc(C)ccc2OC2OC(CO)C(O)C(O)C21. The Morgan fingerprint density at radius 1 is 1.24 bits per heavy atom. The van der Waals surface area contributed by atoms with Gasteiger partial charge in [0.15, 0.2) is 0 Å². The zero-order valence-electron chi connectivity index (χ0n) is 12.0. The number of fused-ring (bicyclic) bond motifs is 2. The average Bonchev–Trinajstić information content (AvgIpc) is 2.49. The monoisotopic (exact) mass is 296 g/mol. The summed E-state index contributed by atoms with van der Waals surface area (Å²) < 4.78 is 16.9. The number of aliphatic hydroxyl groups excluding tert-OH is 3. The molecule has 3 rings (SSSR count). The highest BCUT2D eigenvalue weighted by molar-refractivity contribution is 5.41. The molecule has 6 nitrogen and oxygen atoms in total. The fourth-order valence-corrected chi connectivity index (χ4v) is 3.15. The molecule has 0 saturated carbocycles. The highest BCUT2D eigenvalue weighted by Crippen LogP contribution is 2.45. The molecule has 3 N–H and O–H groups in total. The lowest BCUT2D eigenvalue weighted by Crippen LogP contribution is -2.60. The van der Waals surface area contributed by atoms with E-state index in [2.05, 4.69) is 0 Å². The predicted molar refractivity (Wildman–Crippen MR) is 72.8 cm³/mol. The third-order valence-corrected chi connectivity index (χ3v) is 4.25. The van der Waals surface area contributed by atoms with Crippen molar-refractivity contribution >= 4 is 0 Å². The largest absolute Gasteiger partial charge is 0.464 e. The summed E-state index contributed by atoms with van der Waals surface area (Å²) in [6.45, 7) is 1.58. The molecule has 2 aliphatic heterocycles. The smallest absolute Gasteiger partial charge is 0.208 e. The van der Waals surface area contributed by atoms with Gasteiger partial charge in [-0.25, -0.2) is 0 Å². The van der Waals surface area contributed by atoms with Crippen LogP contribution in [-0.4, -0.2) is 53.6 Å². The van der Waals surface area contributed by atoms with Crippen LogP contribution >= 0.6 is 0 Å². The molecule has 0 aromatic heterocycles. The first-order chi connectivity index (χ1) is 10.1. The first-order valence-corrected chi connectivity index (χ1v) is 6.99. The van der Waals surface area contributed by atoms with E-state index in [1.807, 2.05) is 25.1 Å². The van der Waals surface area contributed by atoms with Crippen molar-refractivity contribution in [2.24, 2.45) is 5.92 Å². The normalized spacial score (nSPS) is 38.3. The standard InChI is InChI=1S/C15H20O6/c1-7-3-4-9-8(5-7)14(19-2)11-13(18)12(17)10(6-16)21-15(11)20-9/h3-5,10-18H,6H2,1-2H3. The predicted octanol–water partition coefficient (Wildman–Crippen LogP) is 0.130. The molecule has 0 radical (unpaired) electrons. The minimum Gasteiger partial charge on any atom is -0.464 e. The van der Waals surface area contributed by atoms with E-state index in [0.717, 1.165) is 11.1 Å². The number of rotatable bonds is 2. The van der Waals surface area contributed by atoms with Crippen molar-refractivity contribution in [2.45, 2.75) is 37.6 Å². The van der Waals surface area contributed by atoms with E-state index in [4.69, 9.17) is 14.2 Å². The molecule has 1 fully saturated rings. The van der Waals surface area contributed by atoms with Gasteiger partial charge in [-0.3, -0.25) is 0 Å². The molecule has 21 heavy (non-hydrogen) atoms. The summed E-state index contributed by atoms with van der Waals surface area (Å²) in [5.74, 6) is 0.0797. The lowest BCUT2D eigenvalue weighted by molar-refractivity contribution is -0.285. The number of aliphatic hydroxyl groups is 3. The van der Waals surface area contributed by atoms with Gasteiger partial charge >= 0.3 is 0 Å². The summed E-state index contributed by atoms with van der Waals surface area (Å²) in [5, 5.41) is 29.7. The van der Waals surface area contributed by atoms with Crippen LogP contribution in [0.15, 0.2) is 18.2 Å². The Balaban J connectivity index is 2.00. The van der Waals surface area contributed by atoms with Gasteiger partial charge in [0.2, 0.25) is 6.29 Å². The fraction of sp³-hybridized carbons (Fsp3) is 0.600. The van der Waals surface area contributed by atoms with Crippen LogP contribution in [0.3, 0.4) is 0 Å². The number of hydrogen-bond acceptors (Lipinski definition) is 6. The molecule has 0 bridgehead atoms. The average molecular weight is 296 g/mol. The molecule has 6 heteroatoms. The maximum absolute atomic E-state index is 10.4. The van der Waals surface area contributed by atoms with Gasteiger partial charge in [0.25, 0.3) is 0 Å². The number of aryl methyl sites for hydroxylation is 1. The molecule has 0 amide bonds. The fourth-order valence-electron chi connectivity index (χ4n) is 3.15. The first kappa shape index (κ1) is 14.7. The van der Waals surface area contributed by atoms with Crippen molar-refractivity contribution in [3.8, 4) is 5.75 Å². The van der Waals surface area contributed by atoms with E-state index >= 15 is 0 Å². The minimum atomic E-state index is -1.18. The molecular formula is C15H20O6. The molecule has 1 aromatic carbocycles. The van der Waals surface area contributed by atoms with Crippen molar-refractivity contribution in [3.63, 3.8) is 0 Å². The maximum Gasteiger partial charge on any atom is 0.208 e. The molecule has 1 aromatic rings. The number of benzene rings is 1. The molecule has 2 heterocycles. The van der Waals surface area contributed by atoms with Crippen LogP contribution in [0.5, 0.6) is 5.75 Å². The van der Waals surface area contributed by atoms with Gasteiger partial charge in [0.05, 0.1) is 24.7 Å². The van der Waals surface area contributed by atoms with Gasteiger partial charge in [-0.2, -0.15) is 0 Å². The second kappa shape index (κ2) is 5.55. The summed E-state index contributed by atoms with van der Waals surface area (Å²) in [7, 11) is 1.55. The van der Waals surface area contributed by atoms with Gasteiger partial charge in [-0.15, -0.1) is 0 Å². The minimum absolute atomic E-state index is 0.386. The van der Waals surface area contributed by atoms with Gasteiger partial charge in [-0.1, -0.05) is 11.6 Å². The lowest BCUT2D eigenvalue weighted by atomic mass is 9.81. The Bertz CT molecular complexity index is 519. The van der Waals surface area contributed by atoms with Crippen molar-refractivity contribution in [3.05, 3.63) is 29.3 Å². The topological polar surface area (TPSA) is 88.4 Å². The third kappa shape index (κ3) is 2.33. The second-order valence-corrected chi connectivity index (χ2v) is 5.60. The van der Waals surface area contributed by atoms with E-state index in [9.17, 15) is 15.3 Å². The van der Waals surface area contributed by atoms with Crippen molar-refractivity contribution in [2.75, 3.05) is 13.7 Å². The molecule has 116 valence electrons. The van der Waals surface area contributed by atoms with Crippen molar-refractivity contribution < 1.29 is 29.5 Å². The molecule has 6 unspecified atom stereocenters. The van der Waals surface area contributed by atoms with Crippen LogP contribution in [0.2, 0.25) is 0 Å². The summed E-state index contributed by atoms with van der Waals surface area (Å²) in [6.07, 6.45) is -4.35. The van der Waals surface area contributed by atoms with Gasteiger partial charge in [0.1, 0.15) is 18.0 Å². The van der Waals surface area contributed by atoms with Crippen molar-refractivity contribution in [1.82, 2.24) is 0 Å². The van der Waals surface area contributed by atoms with Crippen LogP contribution in [-0.2, 0) is 9.47 Å². The van der Waals surface area contributed by atoms with Gasteiger partial charge in [-0.05, 0) is 19.1 Å². The van der Waals surface area contributed by atoms with E-state index in [1.54, 1.807) is 7.11 Å². The summed E-state index contributed by atoms with van der Waals surface area (Å²) in [4.78, 5) is 0. The number of ether oxygens (including phenoxy) is 3. The molecule has 1 saturated heterocycles. The van der Waals surface area contributed by atoms with Gasteiger partial charge in [0, 0.05) is 12.7 Å². The zero-order chi connectivity index (χ0) is 15.1. The maximum atomic E-state index is 10.4. The Morgan fingerprint density at radius 3 is 2.67 bits per heavy atom. The molecule has 0 aliphatic carbocycles. The Hall–Kier alpha value is -1.18. The second-order valence-electron chi connectivity index (χ2n) is 5.60. The molecule has 0 spiro atoms. The zero-order valence-corrected chi connectivity index (χ0v) is 12.0. The van der Waals surface area contributed by atoms with E-state index in [1.165, 1.54) is 0 Å². The highest BCUT2D eigenvalue weighted by atomic mass is 16.7. The van der Waals surface area contributed by atoms with E-state index < -0.39 is 36.6 Å². The summed E-state index contributed by atoms with van der Waals surface area (Å²) in [5.41, 5.74) is 1.88. The Morgan fingerprint density at radius 2 is 2.00 bits per heavy atom. The Kier molecular flexibility index (Phi) is 3.90. The van der Waals surface area contributed by atoms with Crippen LogP contribution in [0.25, 0.3) is 0 Å². The van der Waals surface area contributed by atoms with Crippen LogP contribution < -0.4 is 4.74 Å². The van der Waals surface area contributed by atoms with Gasteiger partial charge < -0.3 is 29.5 Å². The third-order valence-electron chi connectivity index (χ3n) is 4.25. The molecule has 6 atom stereocenters. The van der Waals surface area contributed by atoms with Crippen LogP contribution in [0.4, 0.5) is 0 Å². The van der Waals surface area contributed by atoms with Crippen LogP contribution in [0.1, 0.15) is 17.2 Å². The molecular weight excluding hydrogens is 276 g/mol. The summed E-state index contributed by atoms with van der Waals surface area (Å²) >= 11 is 0. The highest BCUT2D eigenvalue weighted by Gasteiger charge is 2.52. The van der Waals surface area contributed by atoms with E-state index in [0.29, 0.717) is 5.75 Å². The van der Waals surface area contributed by atoms with Crippen LogP contribution in [0, 0.1) is 12.8 Å². The summed E-state index contributed by atoms with van der Waals surface area (Å²) in [6, 6.07) is 5.70. The van der Waals surface area contributed by atoms with Crippen molar-refractivity contribution in [1.29, 1.82) is 0 Å². The first-order valence-electron chi connectivity index (χ1n) is 6.99. The lowest BCUT2D eigenvalue weighted by Gasteiger charge is -2.47.